The Kier molecular flexibility index (Phi) is 7.24. The van der Waals surface area contributed by atoms with Crippen molar-refractivity contribution in [3.63, 3.8) is 0 Å². The molecule has 3 aromatic carbocycles. The molecular weight excluding hydrogens is 460 g/mol. The van der Waals surface area contributed by atoms with Crippen LogP contribution in [0.3, 0.4) is 0 Å². The normalized spacial score (nSPS) is 12.1. The highest BCUT2D eigenvalue weighted by molar-refractivity contribution is 5.82. The number of oxazole rings is 1. The van der Waals surface area contributed by atoms with E-state index in [9.17, 15) is 9.59 Å². The number of aromatic nitrogens is 1. The largest absolute Gasteiger partial charge is 0.467 e. The zero-order valence-electron chi connectivity index (χ0n) is 20.6. The maximum atomic E-state index is 12.3. The van der Waals surface area contributed by atoms with E-state index in [1.807, 2.05) is 66.7 Å². The van der Waals surface area contributed by atoms with Crippen molar-refractivity contribution in [3.05, 3.63) is 78.4 Å². The van der Waals surface area contributed by atoms with Crippen LogP contribution in [-0.4, -0.2) is 35.8 Å². The summed E-state index contributed by atoms with van der Waals surface area (Å²) >= 11 is 0. The summed E-state index contributed by atoms with van der Waals surface area (Å²) in [5.74, 6) is 1.27. The molecule has 1 aromatic heterocycles. The number of esters is 1. The van der Waals surface area contributed by atoms with E-state index in [0.29, 0.717) is 22.7 Å². The maximum Gasteiger partial charge on any atom is 0.408 e. The third-order valence-electron chi connectivity index (χ3n) is 5.13. The monoisotopic (exact) mass is 488 g/mol. The first kappa shape index (κ1) is 24.8. The van der Waals surface area contributed by atoms with Gasteiger partial charge in [0.2, 0.25) is 5.89 Å². The third-order valence-corrected chi connectivity index (χ3v) is 5.13. The zero-order chi connectivity index (χ0) is 25.7. The summed E-state index contributed by atoms with van der Waals surface area (Å²) < 4.78 is 22.0. The van der Waals surface area contributed by atoms with Crippen molar-refractivity contribution in [1.82, 2.24) is 10.3 Å². The van der Waals surface area contributed by atoms with E-state index in [-0.39, 0.29) is 6.42 Å². The Hall–Kier alpha value is -4.33. The average molecular weight is 489 g/mol. The van der Waals surface area contributed by atoms with Crippen LogP contribution in [-0.2, 0) is 20.7 Å². The van der Waals surface area contributed by atoms with Crippen LogP contribution in [0.2, 0.25) is 0 Å². The summed E-state index contributed by atoms with van der Waals surface area (Å²) in [6, 6.07) is 21.5. The van der Waals surface area contributed by atoms with Crippen LogP contribution in [0.15, 0.2) is 77.2 Å². The van der Waals surface area contributed by atoms with Crippen molar-refractivity contribution in [2.75, 3.05) is 7.11 Å². The van der Waals surface area contributed by atoms with Gasteiger partial charge in [0, 0.05) is 12.0 Å². The summed E-state index contributed by atoms with van der Waals surface area (Å²) in [5.41, 5.74) is 2.07. The van der Waals surface area contributed by atoms with Crippen LogP contribution in [0.25, 0.3) is 22.6 Å². The van der Waals surface area contributed by atoms with Gasteiger partial charge in [-0.05, 0) is 68.8 Å². The van der Waals surface area contributed by atoms with Gasteiger partial charge in [0.15, 0.2) is 5.58 Å². The quantitative estimate of drug-likeness (QED) is 0.324. The molecule has 0 spiro atoms. The third kappa shape index (κ3) is 6.41. The van der Waals surface area contributed by atoms with Gasteiger partial charge in [0.05, 0.1) is 7.11 Å². The summed E-state index contributed by atoms with van der Waals surface area (Å²) in [7, 11) is 1.27. The minimum Gasteiger partial charge on any atom is -0.467 e. The van der Waals surface area contributed by atoms with E-state index < -0.39 is 23.7 Å². The Balaban J connectivity index is 1.53. The zero-order valence-corrected chi connectivity index (χ0v) is 20.6. The molecule has 186 valence electrons. The fraction of sp³-hybridized carbons (Fsp3) is 0.250. The number of hydrogen-bond donors (Lipinski definition) is 1. The van der Waals surface area contributed by atoms with Gasteiger partial charge < -0.3 is 23.9 Å². The highest BCUT2D eigenvalue weighted by Gasteiger charge is 2.25. The van der Waals surface area contributed by atoms with Crippen LogP contribution in [0.5, 0.6) is 11.5 Å². The summed E-state index contributed by atoms with van der Waals surface area (Å²) in [4.78, 5) is 29.1. The highest BCUT2D eigenvalue weighted by Crippen LogP contribution is 2.29. The fourth-order valence-corrected chi connectivity index (χ4v) is 3.56. The van der Waals surface area contributed by atoms with E-state index in [4.69, 9.17) is 18.6 Å². The lowest BCUT2D eigenvalue weighted by Crippen LogP contribution is -2.45. The van der Waals surface area contributed by atoms with Crippen LogP contribution >= 0.6 is 0 Å². The number of alkyl carbamates (subject to hydrolysis) is 1. The number of methoxy groups -OCH3 is 1. The molecule has 0 bridgehead atoms. The summed E-state index contributed by atoms with van der Waals surface area (Å²) in [5, 5.41) is 2.58. The minimum absolute atomic E-state index is 0.199. The molecule has 0 radical (unpaired) electrons. The lowest BCUT2D eigenvalue weighted by Gasteiger charge is -2.22. The molecule has 1 atom stereocenters. The molecule has 8 heteroatoms. The van der Waals surface area contributed by atoms with Gasteiger partial charge in [-0.15, -0.1) is 0 Å². The van der Waals surface area contributed by atoms with Gasteiger partial charge >= 0.3 is 12.1 Å². The number of fused-ring (bicyclic) bond motifs is 1. The highest BCUT2D eigenvalue weighted by atomic mass is 16.6. The van der Waals surface area contributed by atoms with Crippen LogP contribution in [0.4, 0.5) is 4.79 Å². The number of amides is 1. The summed E-state index contributed by atoms with van der Waals surface area (Å²) in [6.45, 7) is 5.25. The molecular formula is C28H28N2O6. The number of carbonyl (C=O) groups is 2. The number of ether oxygens (including phenoxy) is 3. The molecule has 0 aliphatic heterocycles. The molecule has 8 nitrogen and oxygen atoms in total. The number of nitrogens with zero attached hydrogens (tertiary/aromatic N) is 1. The number of benzene rings is 3. The van der Waals surface area contributed by atoms with Gasteiger partial charge in [0.1, 0.15) is 28.7 Å². The molecule has 36 heavy (non-hydrogen) atoms. The van der Waals surface area contributed by atoms with Crippen LogP contribution < -0.4 is 10.1 Å². The second kappa shape index (κ2) is 10.5. The summed E-state index contributed by atoms with van der Waals surface area (Å²) in [6.07, 6.45) is -0.495. The van der Waals surface area contributed by atoms with E-state index in [1.165, 1.54) is 7.11 Å². The second-order valence-electron chi connectivity index (χ2n) is 9.19. The maximum absolute atomic E-state index is 12.3. The topological polar surface area (TPSA) is 99.9 Å². The van der Waals surface area contributed by atoms with Crippen molar-refractivity contribution in [3.8, 4) is 23.0 Å². The van der Waals surface area contributed by atoms with Crippen molar-refractivity contribution >= 4 is 23.2 Å². The molecule has 1 heterocycles. The van der Waals surface area contributed by atoms with Crippen LogP contribution in [0, 0.1) is 0 Å². The Morgan fingerprint density at radius 2 is 1.72 bits per heavy atom. The van der Waals surface area contributed by atoms with Crippen LogP contribution in [0.1, 0.15) is 26.3 Å². The molecule has 4 rings (SSSR count). The molecule has 0 fully saturated rings. The molecule has 0 saturated heterocycles. The lowest BCUT2D eigenvalue weighted by atomic mass is 10.1. The van der Waals surface area contributed by atoms with Crippen molar-refractivity contribution < 1.29 is 28.2 Å². The Morgan fingerprint density at radius 3 is 2.44 bits per heavy atom. The molecule has 0 aliphatic rings. The molecule has 0 saturated carbocycles. The average Bonchev–Trinajstić information content (AvgIpc) is 3.26. The first-order valence-corrected chi connectivity index (χ1v) is 11.5. The fourth-order valence-electron chi connectivity index (χ4n) is 3.56. The standard InChI is InChI=1S/C28H28N2O6/c1-28(2,3)36-27(32)30-23(26(31)33-4)16-18-13-14-24-22(15-18)29-25(35-24)19-9-8-12-21(17-19)34-20-10-6-5-7-11-20/h5-15,17,23H,16H2,1-4H3,(H,30,32)/t23-/m0/s1. The van der Waals surface area contributed by atoms with E-state index in [2.05, 4.69) is 10.3 Å². The van der Waals surface area contributed by atoms with E-state index in [0.717, 1.165) is 16.9 Å². The Morgan fingerprint density at radius 1 is 0.972 bits per heavy atom. The molecule has 0 unspecified atom stereocenters. The molecule has 1 N–H and O–H groups in total. The number of rotatable bonds is 7. The van der Waals surface area contributed by atoms with Gasteiger partial charge in [-0.2, -0.15) is 0 Å². The first-order valence-electron chi connectivity index (χ1n) is 11.5. The van der Waals surface area contributed by atoms with Crippen molar-refractivity contribution in [2.24, 2.45) is 0 Å². The number of para-hydroxylation sites is 1. The number of nitrogens with one attached hydrogen (secondary N) is 1. The van der Waals surface area contributed by atoms with Crippen molar-refractivity contribution in [1.29, 1.82) is 0 Å². The van der Waals surface area contributed by atoms with Gasteiger partial charge in [-0.3, -0.25) is 0 Å². The Labute approximate surface area is 209 Å². The lowest BCUT2D eigenvalue weighted by molar-refractivity contribution is -0.143. The van der Waals surface area contributed by atoms with E-state index >= 15 is 0 Å². The number of carbonyl (C=O) groups excluding carboxylic acids is 2. The van der Waals surface area contributed by atoms with Gasteiger partial charge in [0.25, 0.3) is 0 Å². The Bertz CT molecular complexity index is 1360. The van der Waals surface area contributed by atoms with E-state index in [1.54, 1.807) is 26.8 Å². The smallest absolute Gasteiger partial charge is 0.408 e. The SMILES string of the molecule is COC(=O)[C@H](Cc1ccc2oc(-c3cccc(Oc4ccccc4)c3)nc2c1)NC(=O)OC(C)(C)C. The first-order chi connectivity index (χ1) is 17.2. The van der Waals surface area contributed by atoms with Gasteiger partial charge in [-0.25, -0.2) is 14.6 Å². The second-order valence-corrected chi connectivity index (χ2v) is 9.19. The molecule has 4 aromatic rings. The minimum atomic E-state index is -0.916. The molecule has 1 amide bonds. The predicted octanol–water partition coefficient (Wildman–Crippen LogP) is 5.90. The van der Waals surface area contributed by atoms with Gasteiger partial charge in [-0.1, -0.05) is 30.3 Å². The molecule has 0 aliphatic carbocycles. The number of hydrogen-bond acceptors (Lipinski definition) is 7. The van der Waals surface area contributed by atoms with Crippen molar-refractivity contribution in [2.45, 2.75) is 38.8 Å². The predicted molar refractivity (Wildman–Crippen MR) is 135 cm³/mol.